The normalized spacial score (nSPS) is 17.6. The molecule has 24 heavy (non-hydrogen) atoms. The van der Waals surface area contributed by atoms with Crippen molar-refractivity contribution in [2.75, 3.05) is 24.7 Å². The molecule has 1 fully saturated rings. The number of carbonyl (C=O) groups is 1. The molecule has 0 aliphatic carbocycles. The lowest BCUT2D eigenvalue weighted by molar-refractivity contribution is 0.0948. The van der Waals surface area contributed by atoms with E-state index in [-0.39, 0.29) is 17.1 Å². The number of pyridine rings is 1. The number of morpholine rings is 1. The van der Waals surface area contributed by atoms with Crippen LogP contribution in [0.1, 0.15) is 22.8 Å². The number of carbonyl (C=O) groups excluding carboxylic acids is 1. The number of ether oxygens (including phenoxy) is 1. The molecule has 7 nitrogen and oxygen atoms in total. The highest BCUT2D eigenvalue weighted by atomic mass is 35.5. The zero-order chi connectivity index (χ0) is 16.9. The molecule has 8 heteroatoms. The zero-order valence-electron chi connectivity index (χ0n) is 13.3. The lowest BCUT2D eigenvalue weighted by Gasteiger charge is -2.35. The predicted octanol–water partition coefficient (Wildman–Crippen LogP) is 1.68. The molecule has 3 rings (SSSR count). The third kappa shape index (κ3) is 3.80. The summed E-state index contributed by atoms with van der Waals surface area (Å²) in [5.41, 5.74) is 1.33. The number of rotatable bonds is 4. The highest BCUT2D eigenvalue weighted by molar-refractivity contribution is 6.29. The average molecular weight is 348 g/mol. The molecule has 0 radical (unpaired) electrons. The molecule has 1 N–H and O–H groups in total. The van der Waals surface area contributed by atoms with Gasteiger partial charge in [-0.3, -0.25) is 4.79 Å². The fourth-order valence-corrected chi connectivity index (χ4v) is 2.77. The second-order valence-electron chi connectivity index (χ2n) is 5.55. The van der Waals surface area contributed by atoms with Crippen LogP contribution in [0.25, 0.3) is 0 Å². The number of hydrogen-bond donors (Lipinski definition) is 1. The minimum absolute atomic E-state index is 0.187. The summed E-state index contributed by atoms with van der Waals surface area (Å²) in [5, 5.41) is 10.4. The molecule has 126 valence electrons. The van der Waals surface area contributed by atoms with Crippen LogP contribution < -0.4 is 10.2 Å². The van der Waals surface area contributed by atoms with Crippen LogP contribution in [-0.4, -0.2) is 46.9 Å². The second-order valence-corrected chi connectivity index (χ2v) is 5.94. The maximum atomic E-state index is 12.2. The van der Waals surface area contributed by atoms with E-state index in [1.807, 2.05) is 12.1 Å². The summed E-state index contributed by atoms with van der Waals surface area (Å²) in [7, 11) is 0. The third-order valence-corrected chi connectivity index (χ3v) is 4.02. The monoisotopic (exact) mass is 347 g/mol. The van der Waals surface area contributed by atoms with Gasteiger partial charge in [-0.2, -0.15) is 5.10 Å². The summed E-state index contributed by atoms with van der Waals surface area (Å²) >= 11 is 5.77. The molecule has 1 aliphatic heterocycles. The molecule has 2 aromatic rings. The Bertz CT molecular complexity index is 727. The maximum absolute atomic E-state index is 12.2. The van der Waals surface area contributed by atoms with Crippen molar-refractivity contribution in [3.05, 3.63) is 46.9 Å². The molecule has 0 aromatic carbocycles. The number of aromatic nitrogens is 3. The van der Waals surface area contributed by atoms with Gasteiger partial charge in [-0.05, 0) is 19.1 Å². The van der Waals surface area contributed by atoms with Gasteiger partial charge in [-0.15, -0.1) is 5.10 Å². The van der Waals surface area contributed by atoms with Gasteiger partial charge >= 0.3 is 0 Å². The lowest BCUT2D eigenvalue weighted by atomic mass is 10.2. The van der Waals surface area contributed by atoms with Crippen LogP contribution in [0.15, 0.2) is 30.6 Å². The van der Waals surface area contributed by atoms with Crippen LogP contribution in [0, 0.1) is 0 Å². The molecular weight excluding hydrogens is 330 g/mol. The SMILES string of the molecule is CC1COCCN1c1ncccc1CNC(=O)c1cnnc(Cl)c1. The first-order chi connectivity index (χ1) is 11.6. The quantitative estimate of drug-likeness (QED) is 0.906. The fourth-order valence-electron chi connectivity index (χ4n) is 2.61. The number of nitrogens with zero attached hydrogens (tertiary/aromatic N) is 4. The lowest BCUT2D eigenvalue weighted by Crippen LogP contribution is -2.44. The van der Waals surface area contributed by atoms with Crippen LogP contribution in [-0.2, 0) is 11.3 Å². The fraction of sp³-hybridized carbons (Fsp3) is 0.375. The van der Waals surface area contributed by atoms with Crippen LogP contribution in [0.4, 0.5) is 5.82 Å². The van der Waals surface area contributed by atoms with Crippen LogP contribution in [0.2, 0.25) is 5.15 Å². The minimum atomic E-state index is -0.253. The Morgan fingerprint density at radius 1 is 1.54 bits per heavy atom. The summed E-state index contributed by atoms with van der Waals surface area (Å²) in [6.45, 7) is 4.59. The van der Waals surface area contributed by atoms with Crippen molar-refractivity contribution < 1.29 is 9.53 Å². The Morgan fingerprint density at radius 2 is 2.42 bits per heavy atom. The van der Waals surface area contributed by atoms with E-state index in [1.165, 1.54) is 12.3 Å². The van der Waals surface area contributed by atoms with E-state index in [9.17, 15) is 4.79 Å². The average Bonchev–Trinajstić information content (AvgIpc) is 2.60. The van der Waals surface area contributed by atoms with Gasteiger partial charge in [0.15, 0.2) is 5.15 Å². The predicted molar refractivity (Wildman–Crippen MR) is 90.1 cm³/mol. The van der Waals surface area contributed by atoms with Gasteiger partial charge in [-0.25, -0.2) is 4.98 Å². The summed E-state index contributed by atoms with van der Waals surface area (Å²) < 4.78 is 5.48. The Labute approximate surface area is 145 Å². The van der Waals surface area contributed by atoms with Crippen molar-refractivity contribution in [2.24, 2.45) is 0 Å². The Balaban J connectivity index is 1.72. The number of anilines is 1. The first-order valence-corrected chi connectivity index (χ1v) is 8.07. The third-order valence-electron chi connectivity index (χ3n) is 3.83. The van der Waals surface area contributed by atoms with E-state index in [0.717, 1.165) is 17.9 Å². The first kappa shape index (κ1) is 16.6. The van der Waals surface area contributed by atoms with Crippen molar-refractivity contribution in [1.29, 1.82) is 0 Å². The number of amides is 1. The van der Waals surface area contributed by atoms with E-state index in [0.29, 0.717) is 25.3 Å². The molecule has 0 bridgehead atoms. The van der Waals surface area contributed by atoms with Gasteiger partial charge in [-0.1, -0.05) is 17.7 Å². The smallest absolute Gasteiger partial charge is 0.253 e. The molecular formula is C16H18ClN5O2. The molecule has 1 saturated heterocycles. The van der Waals surface area contributed by atoms with Crippen molar-refractivity contribution in [1.82, 2.24) is 20.5 Å². The molecule has 0 spiro atoms. The van der Waals surface area contributed by atoms with E-state index in [4.69, 9.17) is 16.3 Å². The highest BCUT2D eigenvalue weighted by Crippen LogP contribution is 2.21. The molecule has 3 heterocycles. The van der Waals surface area contributed by atoms with Gasteiger partial charge in [0.2, 0.25) is 0 Å². The van der Waals surface area contributed by atoms with Crippen molar-refractivity contribution in [2.45, 2.75) is 19.5 Å². The standard InChI is InChI=1S/C16H18ClN5O2/c1-11-10-24-6-5-22(11)15-12(3-2-4-18-15)8-19-16(23)13-7-14(17)21-20-9-13/h2-4,7,9,11H,5-6,8,10H2,1H3,(H,19,23). The zero-order valence-corrected chi connectivity index (χ0v) is 14.0. The van der Waals surface area contributed by atoms with Crippen molar-refractivity contribution >= 4 is 23.3 Å². The maximum Gasteiger partial charge on any atom is 0.253 e. The molecule has 1 aliphatic rings. The Morgan fingerprint density at radius 3 is 3.21 bits per heavy atom. The van der Waals surface area contributed by atoms with E-state index in [2.05, 4.69) is 32.3 Å². The largest absolute Gasteiger partial charge is 0.377 e. The van der Waals surface area contributed by atoms with E-state index >= 15 is 0 Å². The second kappa shape index (κ2) is 7.55. The number of hydrogen-bond acceptors (Lipinski definition) is 6. The molecule has 0 saturated carbocycles. The summed E-state index contributed by atoms with van der Waals surface area (Å²) in [6.07, 6.45) is 3.14. The topological polar surface area (TPSA) is 80.2 Å². The van der Waals surface area contributed by atoms with Gasteiger partial charge in [0.25, 0.3) is 5.91 Å². The molecule has 1 atom stereocenters. The van der Waals surface area contributed by atoms with Gasteiger partial charge in [0.05, 0.1) is 31.0 Å². The van der Waals surface area contributed by atoms with Gasteiger partial charge in [0.1, 0.15) is 5.82 Å². The van der Waals surface area contributed by atoms with E-state index < -0.39 is 0 Å². The van der Waals surface area contributed by atoms with Gasteiger partial charge < -0.3 is 15.0 Å². The minimum Gasteiger partial charge on any atom is -0.377 e. The summed E-state index contributed by atoms with van der Waals surface area (Å²) in [6, 6.07) is 5.55. The van der Waals surface area contributed by atoms with Crippen molar-refractivity contribution in [3.63, 3.8) is 0 Å². The van der Waals surface area contributed by atoms with E-state index in [1.54, 1.807) is 6.20 Å². The Hall–Kier alpha value is -2.25. The first-order valence-electron chi connectivity index (χ1n) is 7.70. The highest BCUT2D eigenvalue weighted by Gasteiger charge is 2.22. The Kier molecular flexibility index (Phi) is 5.22. The summed E-state index contributed by atoms with van der Waals surface area (Å²) in [4.78, 5) is 18.9. The van der Waals surface area contributed by atoms with Crippen LogP contribution >= 0.6 is 11.6 Å². The molecule has 1 amide bonds. The van der Waals surface area contributed by atoms with Gasteiger partial charge in [0, 0.05) is 24.8 Å². The number of nitrogens with one attached hydrogen (secondary N) is 1. The van der Waals surface area contributed by atoms with Crippen molar-refractivity contribution in [3.8, 4) is 0 Å². The number of halogens is 1. The van der Waals surface area contributed by atoms with Crippen LogP contribution in [0.5, 0.6) is 0 Å². The summed E-state index contributed by atoms with van der Waals surface area (Å²) in [5.74, 6) is 0.621. The molecule has 1 unspecified atom stereocenters. The van der Waals surface area contributed by atoms with Crippen LogP contribution in [0.3, 0.4) is 0 Å². The molecule has 2 aromatic heterocycles.